The second-order valence-electron chi connectivity index (χ2n) is 8.96. The SMILES string of the molecule is Cc1ccc(C)c(N2CCN(c3ccnc(SCC(=O)NCCC4=CCCCC4)n3)CC2)c1. The van der Waals surface area contributed by atoms with Gasteiger partial charge in [-0.1, -0.05) is 35.5 Å². The van der Waals surface area contributed by atoms with Crippen molar-refractivity contribution in [1.82, 2.24) is 15.3 Å². The number of anilines is 2. The van der Waals surface area contributed by atoms with Gasteiger partial charge in [0.2, 0.25) is 5.91 Å². The molecule has 0 atom stereocenters. The molecule has 0 saturated carbocycles. The average Bonchev–Trinajstić information content (AvgIpc) is 2.85. The summed E-state index contributed by atoms with van der Waals surface area (Å²) in [5.41, 5.74) is 5.44. The van der Waals surface area contributed by atoms with Gasteiger partial charge in [-0.25, -0.2) is 9.97 Å². The lowest BCUT2D eigenvalue weighted by atomic mass is 9.97. The van der Waals surface area contributed by atoms with Crippen molar-refractivity contribution in [2.45, 2.75) is 51.1 Å². The third kappa shape index (κ3) is 6.73. The van der Waals surface area contributed by atoms with Crippen molar-refractivity contribution in [2.75, 3.05) is 48.3 Å². The van der Waals surface area contributed by atoms with Gasteiger partial charge in [-0.2, -0.15) is 0 Å². The highest BCUT2D eigenvalue weighted by molar-refractivity contribution is 7.99. The van der Waals surface area contributed by atoms with Gasteiger partial charge in [0.05, 0.1) is 5.75 Å². The number of allylic oxidation sites excluding steroid dienone is 1. The normalized spacial score (nSPS) is 16.5. The molecule has 1 aliphatic heterocycles. The molecule has 1 amide bonds. The first-order valence-corrected chi connectivity index (χ1v) is 13.0. The van der Waals surface area contributed by atoms with Crippen molar-refractivity contribution < 1.29 is 4.79 Å². The second kappa shape index (κ2) is 11.5. The molecular formula is C26H35N5OS. The van der Waals surface area contributed by atoms with Gasteiger partial charge < -0.3 is 15.1 Å². The van der Waals surface area contributed by atoms with E-state index in [0.29, 0.717) is 10.9 Å². The first-order chi connectivity index (χ1) is 16.1. The molecule has 0 radical (unpaired) electrons. The van der Waals surface area contributed by atoms with Crippen LogP contribution < -0.4 is 15.1 Å². The first-order valence-electron chi connectivity index (χ1n) is 12.1. The Balaban J connectivity index is 1.24. The second-order valence-corrected chi connectivity index (χ2v) is 9.90. The molecule has 176 valence electrons. The summed E-state index contributed by atoms with van der Waals surface area (Å²) in [6.07, 6.45) is 10.1. The van der Waals surface area contributed by atoms with E-state index in [2.05, 4.69) is 58.2 Å². The third-order valence-electron chi connectivity index (χ3n) is 6.41. The summed E-state index contributed by atoms with van der Waals surface area (Å²) in [6.45, 7) is 8.82. The van der Waals surface area contributed by atoms with E-state index < -0.39 is 0 Å². The highest BCUT2D eigenvalue weighted by atomic mass is 32.2. The Labute approximate surface area is 201 Å². The number of aryl methyl sites for hydroxylation is 2. The smallest absolute Gasteiger partial charge is 0.230 e. The predicted molar refractivity (Wildman–Crippen MR) is 137 cm³/mol. The number of hydrogen-bond donors (Lipinski definition) is 1. The number of nitrogens with one attached hydrogen (secondary N) is 1. The van der Waals surface area contributed by atoms with Crippen LogP contribution in [0.25, 0.3) is 0 Å². The fourth-order valence-electron chi connectivity index (χ4n) is 4.49. The lowest BCUT2D eigenvalue weighted by Crippen LogP contribution is -2.47. The Morgan fingerprint density at radius 2 is 1.91 bits per heavy atom. The molecule has 6 nitrogen and oxygen atoms in total. The summed E-state index contributed by atoms with van der Waals surface area (Å²) in [4.78, 5) is 26.1. The highest BCUT2D eigenvalue weighted by Crippen LogP contribution is 2.25. The Morgan fingerprint density at radius 3 is 2.70 bits per heavy atom. The molecule has 1 fully saturated rings. The number of carbonyl (C=O) groups is 1. The molecular weight excluding hydrogens is 430 g/mol. The van der Waals surface area contributed by atoms with Crippen LogP contribution in [0.4, 0.5) is 11.5 Å². The fourth-order valence-corrected chi connectivity index (χ4v) is 5.15. The van der Waals surface area contributed by atoms with Crippen LogP contribution in [0.3, 0.4) is 0 Å². The van der Waals surface area contributed by atoms with Gasteiger partial charge >= 0.3 is 0 Å². The monoisotopic (exact) mass is 465 g/mol. The van der Waals surface area contributed by atoms with E-state index in [1.54, 1.807) is 6.20 Å². The molecule has 1 aromatic carbocycles. The van der Waals surface area contributed by atoms with Gasteiger partial charge in [0.15, 0.2) is 5.16 Å². The Kier molecular flexibility index (Phi) is 8.26. The summed E-state index contributed by atoms with van der Waals surface area (Å²) in [5.74, 6) is 1.34. The van der Waals surface area contributed by atoms with E-state index in [1.165, 1.54) is 59.8 Å². The van der Waals surface area contributed by atoms with E-state index in [0.717, 1.165) is 45.0 Å². The van der Waals surface area contributed by atoms with Gasteiger partial charge in [0.1, 0.15) is 5.82 Å². The number of carbonyl (C=O) groups excluding carboxylic acids is 1. The topological polar surface area (TPSA) is 61.4 Å². The van der Waals surface area contributed by atoms with E-state index in [4.69, 9.17) is 4.98 Å². The third-order valence-corrected chi connectivity index (χ3v) is 7.27. The molecule has 1 N–H and O–H groups in total. The van der Waals surface area contributed by atoms with Crippen molar-refractivity contribution in [3.63, 3.8) is 0 Å². The molecule has 0 bridgehead atoms. The Morgan fingerprint density at radius 1 is 1.09 bits per heavy atom. The maximum atomic E-state index is 12.2. The molecule has 0 spiro atoms. The minimum Gasteiger partial charge on any atom is -0.368 e. The number of aromatic nitrogens is 2. The van der Waals surface area contributed by atoms with Gasteiger partial charge in [-0.15, -0.1) is 0 Å². The quantitative estimate of drug-likeness (QED) is 0.351. The number of rotatable bonds is 8. The van der Waals surface area contributed by atoms with Crippen molar-refractivity contribution in [3.05, 3.63) is 53.2 Å². The van der Waals surface area contributed by atoms with Crippen LogP contribution in [0.5, 0.6) is 0 Å². The van der Waals surface area contributed by atoms with Crippen LogP contribution in [0.2, 0.25) is 0 Å². The van der Waals surface area contributed by atoms with Gasteiger partial charge in [-0.05, 0) is 69.2 Å². The summed E-state index contributed by atoms with van der Waals surface area (Å²) < 4.78 is 0. The number of thioether (sulfide) groups is 1. The van der Waals surface area contributed by atoms with E-state index in [-0.39, 0.29) is 5.91 Å². The number of piperazine rings is 1. The molecule has 2 heterocycles. The van der Waals surface area contributed by atoms with Crippen LogP contribution in [-0.2, 0) is 4.79 Å². The number of nitrogens with zero attached hydrogens (tertiary/aromatic N) is 4. The minimum atomic E-state index is 0.0487. The molecule has 4 rings (SSSR count). The zero-order valence-corrected chi connectivity index (χ0v) is 20.7. The Bertz CT molecular complexity index is 984. The van der Waals surface area contributed by atoms with Gasteiger partial charge in [0, 0.05) is 44.6 Å². The summed E-state index contributed by atoms with van der Waals surface area (Å²) >= 11 is 1.41. The first kappa shape index (κ1) is 23.6. The lowest BCUT2D eigenvalue weighted by Gasteiger charge is -2.37. The van der Waals surface area contributed by atoms with E-state index in [1.807, 2.05) is 6.07 Å². The summed E-state index contributed by atoms with van der Waals surface area (Å²) in [7, 11) is 0. The maximum absolute atomic E-state index is 12.2. The van der Waals surface area contributed by atoms with Crippen molar-refractivity contribution in [3.8, 4) is 0 Å². The van der Waals surface area contributed by atoms with E-state index in [9.17, 15) is 4.79 Å². The number of hydrogen-bond acceptors (Lipinski definition) is 6. The zero-order valence-electron chi connectivity index (χ0n) is 19.8. The highest BCUT2D eigenvalue weighted by Gasteiger charge is 2.20. The summed E-state index contributed by atoms with van der Waals surface area (Å²) in [6, 6.07) is 8.62. The van der Waals surface area contributed by atoms with Crippen LogP contribution in [0.15, 0.2) is 47.3 Å². The molecule has 33 heavy (non-hydrogen) atoms. The van der Waals surface area contributed by atoms with Crippen LogP contribution in [0, 0.1) is 13.8 Å². The molecule has 1 aliphatic carbocycles. The minimum absolute atomic E-state index is 0.0487. The molecule has 1 aromatic heterocycles. The lowest BCUT2D eigenvalue weighted by molar-refractivity contribution is -0.118. The molecule has 1 saturated heterocycles. The maximum Gasteiger partial charge on any atom is 0.230 e. The van der Waals surface area contributed by atoms with E-state index >= 15 is 0 Å². The fraction of sp³-hybridized carbons (Fsp3) is 0.500. The standard InChI is InChI=1S/C26H35N5OS/c1-20-8-9-21(2)23(18-20)30-14-16-31(17-15-30)24-11-13-28-26(29-24)33-19-25(32)27-12-10-22-6-4-3-5-7-22/h6,8-9,11,13,18H,3-5,7,10,12,14-17,19H2,1-2H3,(H,27,32). The summed E-state index contributed by atoms with van der Waals surface area (Å²) in [5, 5.41) is 3.70. The molecule has 2 aromatic rings. The average molecular weight is 466 g/mol. The van der Waals surface area contributed by atoms with Crippen LogP contribution in [0.1, 0.15) is 43.2 Å². The molecule has 2 aliphatic rings. The van der Waals surface area contributed by atoms with Crippen molar-refractivity contribution >= 4 is 29.2 Å². The molecule has 0 unspecified atom stereocenters. The van der Waals surface area contributed by atoms with Crippen molar-refractivity contribution in [2.24, 2.45) is 0 Å². The zero-order chi connectivity index (χ0) is 23.0. The Hall–Kier alpha value is -2.54. The predicted octanol–water partition coefficient (Wildman–Crippen LogP) is 4.52. The molecule has 7 heteroatoms. The van der Waals surface area contributed by atoms with Crippen molar-refractivity contribution in [1.29, 1.82) is 0 Å². The van der Waals surface area contributed by atoms with Crippen LogP contribution in [-0.4, -0.2) is 54.4 Å². The van der Waals surface area contributed by atoms with Gasteiger partial charge in [-0.3, -0.25) is 4.79 Å². The van der Waals surface area contributed by atoms with Crippen LogP contribution >= 0.6 is 11.8 Å². The number of amides is 1. The number of benzene rings is 1. The van der Waals surface area contributed by atoms with Gasteiger partial charge in [0.25, 0.3) is 0 Å². The largest absolute Gasteiger partial charge is 0.368 e.